The van der Waals surface area contributed by atoms with E-state index >= 15 is 0 Å². The summed E-state index contributed by atoms with van der Waals surface area (Å²) >= 11 is 0. The molecule has 4 bridgehead atoms. The Morgan fingerprint density at radius 3 is 2.62 bits per heavy atom. The van der Waals surface area contributed by atoms with Crippen LogP contribution in [-0.4, -0.2) is 72.0 Å². The number of nitrogens with two attached hydrogens (primary N) is 1. The minimum absolute atomic E-state index is 0.218. The highest BCUT2D eigenvalue weighted by Gasteiger charge is 2.47. The number of ether oxygens (including phenoxy) is 1. The van der Waals surface area contributed by atoms with E-state index in [2.05, 4.69) is 10.6 Å². The van der Waals surface area contributed by atoms with Crippen LogP contribution in [0.25, 0.3) is 0 Å². The quantitative estimate of drug-likeness (QED) is 0.415. The van der Waals surface area contributed by atoms with Gasteiger partial charge in [-0.25, -0.2) is 0 Å². The molecular formula is C24H34N4O6. The first-order valence-electron chi connectivity index (χ1n) is 11.8. The van der Waals surface area contributed by atoms with Gasteiger partial charge >= 0.3 is 5.97 Å². The molecule has 0 radical (unpaired) electrons. The van der Waals surface area contributed by atoms with Gasteiger partial charge < -0.3 is 31.1 Å². The van der Waals surface area contributed by atoms with E-state index in [9.17, 15) is 24.3 Å². The minimum atomic E-state index is -1.02. The van der Waals surface area contributed by atoms with Crippen molar-refractivity contribution in [1.82, 2.24) is 15.5 Å². The Labute approximate surface area is 199 Å². The van der Waals surface area contributed by atoms with Crippen LogP contribution in [0.1, 0.15) is 38.2 Å². The van der Waals surface area contributed by atoms with Crippen LogP contribution < -0.4 is 21.1 Å². The first-order valence-corrected chi connectivity index (χ1v) is 11.8. The lowest BCUT2D eigenvalue weighted by Gasteiger charge is -2.31. The lowest BCUT2D eigenvalue weighted by molar-refractivity contribution is -0.149. The molecule has 0 saturated carbocycles. The third-order valence-corrected chi connectivity index (χ3v) is 6.49. The van der Waals surface area contributed by atoms with E-state index in [4.69, 9.17) is 10.5 Å². The smallest absolute Gasteiger partial charge is 0.307 e. The molecule has 1 fully saturated rings. The highest BCUT2D eigenvalue weighted by atomic mass is 16.5. The van der Waals surface area contributed by atoms with Crippen molar-refractivity contribution < 1.29 is 29.0 Å². The van der Waals surface area contributed by atoms with Crippen LogP contribution in [0.3, 0.4) is 0 Å². The first kappa shape index (κ1) is 25.5. The number of hydrogen-bond donors (Lipinski definition) is 4. The summed E-state index contributed by atoms with van der Waals surface area (Å²) in [6.07, 6.45) is 2.04. The minimum Gasteiger partial charge on any atom is -0.494 e. The molecule has 0 aromatic heterocycles. The molecule has 2 unspecified atom stereocenters. The molecule has 0 spiro atoms. The van der Waals surface area contributed by atoms with E-state index in [1.807, 2.05) is 19.1 Å². The van der Waals surface area contributed by atoms with Gasteiger partial charge in [0.1, 0.15) is 11.8 Å². The second kappa shape index (κ2) is 11.8. The molecule has 0 aliphatic carbocycles. The number of carboxylic acid groups (broad SMARTS) is 1. The molecule has 10 nitrogen and oxygen atoms in total. The van der Waals surface area contributed by atoms with Crippen molar-refractivity contribution in [2.45, 2.75) is 51.1 Å². The fourth-order valence-electron chi connectivity index (χ4n) is 4.72. The highest BCUT2D eigenvalue weighted by molar-refractivity contribution is 5.93. The predicted molar refractivity (Wildman–Crippen MR) is 124 cm³/mol. The van der Waals surface area contributed by atoms with E-state index < -0.39 is 29.8 Å². The van der Waals surface area contributed by atoms with Crippen LogP contribution in [0.5, 0.6) is 5.75 Å². The van der Waals surface area contributed by atoms with Crippen LogP contribution in [0.2, 0.25) is 0 Å². The van der Waals surface area contributed by atoms with Gasteiger partial charge in [0.05, 0.1) is 25.0 Å². The summed E-state index contributed by atoms with van der Waals surface area (Å²) in [7, 11) is 0. The highest BCUT2D eigenvalue weighted by Crippen LogP contribution is 2.35. The maximum atomic E-state index is 13.4. The summed E-state index contributed by atoms with van der Waals surface area (Å²) in [6.45, 7) is 2.85. The van der Waals surface area contributed by atoms with Crippen molar-refractivity contribution in [1.29, 1.82) is 0 Å². The van der Waals surface area contributed by atoms with Gasteiger partial charge in [-0.2, -0.15) is 0 Å². The second-order valence-electron chi connectivity index (χ2n) is 8.95. The normalized spacial score (nSPS) is 24.8. The fraction of sp³-hybridized carbons (Fsp3) is 0.583. The molecule has 4 rings (SSSR count). The number of amides is 3. The number of carbonyl (C=O) groups is 4. The predicted octanol–water partition coefficient (Wildman–Crippen LogP) is 0.289. The number of nitrogens with one attached hydrogen (secondary N) is 2. The van der Waals surface area contributed by atoms with E-state index in [0.29, 0.717) is 51.1 Å². The summed E-state index contributed by atoms with van der Waals surface area (Å²) in [5, 5.41) is 15.1. The SMILES string of the molecule is CC1C[C@H]2C(=O)N1C(C(=O)NCC(=O)NCCCN)Cc1ccc(cc1)OCCC[C@@H]2C(=O)O. The molecule has 34 heavy (non-hydrogen) atoms. The van der Waals surface area contributed by atoms with E-state index in [0.717, 1.165) is 5.56 Å². The number of carboxylic acids is 1. The maximum absolute atomic E-state index is 13.4. The maximum Gasteiger partial charge on any atom is 0.307 e. The van der Waals surface area contributed by atoms with Gasteiger partial charge in [-0.05, 0) is 56.8 Å². The summed E-state index contributed by atoms with van der Waals surface area (Å²) in [6, 6.07) is 6.12. The van der Waals surface area contributed by atoms with Crippen LogP contribution in [0, 0.1) is 11.8 Å². The second-order valence-corrected chi connectivity index (χ2v) is 8.95. The molecule has 3 heterocycles. The molecular weight excluding hydrogens is 440 g/mol. The summed E-state index contributed by atoms with van der Waals surface area (Å²) in [5.41, 5.74) is 6.25. The van der Waals surface area contributed by atoms with Crippen LogP contribution in [0.15, 0.2) is 24.3 Å². The number of benzene rings is 1. The van der Waals surface area contributed by atoms with Gasteiger partial charge in [-0.1, -0.05) is 12.1 Å². The first-order chi connectivity index (χ1) is 16.3. The van der Waals surface area contributed by atoms with Crippen LogP contribution >= 0.6 is 0 Å². The van der Waals surface area contributed by atoms with Crippen LogP contribution in [0.4, 0.5) is 0 Å². The zero-order valence-corrected chi connectivity index (χ0v) is 19.5. The van der Waals surface area contributed by atoms with Gasteiger partial charge in [0.15, 0.2) is 0 Å². The Kier molecular flexibility index (Phi) is 8.86. The van der Waals surface area contributed by atoms with Crippen molar-refractivity contribution in [2.75, 3.05) is 26.2 Å². The Bertz CT molecular complexity index is 890. The van der Waals surface area contributed by atoms with Crippen molar-refractivity contribution in [3.05, 3.63) is 29.8 Å². The fourth-order valence-corrected chi connectivity index (χ4v) is 4.72. The monoisotopic (exact) mass is 474 g/mol. The zero-order chi connectivity index (χ0) is 24.7. The molecule has 4 atom stereocenters. The average molecular weight is 475 g/mol. The number of aliphatic carboxylic acids is 1. The molecule has 1 aromatic rings. The Morgan fingerprint density at radius 1 is 1.21 bits per heavy atom. The van der Waals surface area contributed by atoms with Gasteiger partial charge in [0.25, 0.3) is 0 Å². The summed E-state index contributed by atoms with van der Waals surface area (Å²) < 4.78 is 5.72. The van der Waals surface area contributed by atoms with Crippen molar-refractivity contribution in [3.63, 3.8) is 0 Å². The lowest BCUT2D eigenvalue weighted by atomic mass is 9.86. The van der Waals surface area contributed by atoms with Gasteiger partial charge in [-0.15, -0.1) is 0 Å². The number of fused-ring (bicyclic) bond motifs is 7. The van der Waals surface area contributed by atoms with Gasteiger partial charge in [-0.3, -0.25) is 19.2 Å². The lowest BCUT2D eigenvalue weighted by Crippen LogP contribution is -2.53. The molecule has 3 amide bonds. The summed E-state index contributed by atoms with van der Waals surface area (Å²) in [5.74, 6) is -3.02. The standard InChI is InChI=1S/C24H34N4O6/c1-15-12-19-18(24(32)33)4-2-11-34-17-7-5-16(6-8-17)13-20(28(15)23(19)31)22(30)27-14-21(29)26-10-3-9-25/h5-8,15,18-20H,2-4,9-14,25H2,1H3,(H,26,29)(H,27,30)(H,32,33)/t15?,18-,19+,20?/m0/s1. The largest absolute Gasteiger partial charge is 0.494 e. The number of carbonyl (C=O) groups excluding carboxylic acids is 3. The number of nitrogens with zero attached hydrogens (tertiary/aromatic N) is 1. The van der Waals surface area contributed by atoms with Gasteiger partial charge in [0, 0.05) is 19.0 Å². The zero-order valence-electron chi connectivity index (χ0n) is 19.5. The van der Waals surface area contributed by atoms with E-state index in [1.54, 1.807) is 12.1 Å². The number of hydrogen-bond acceptors (Lipinski definition) is 6. The molecule has 10 heteroatoms. The topological polar surface area (TPSA) is 151 Å². The Balaban J connectivity index is 1.84. The molecule has 186 valence electrons. The molecule has 3 aliphatic rings. The molecule has 1 aromatic carbocycles. The van der Waals surface area contributed by atoms with Gasteiger partial charge in [0.2, 0.25) is 17.7 Å². The molecule has 1 saturated heterocycles. The van der Waals surface area contributed by atoms with Crippen molar-refractivity contribution in [3.8, 4) is 5.75 Å². The van der Waals surface area contributed by atoms with E-state index in [-0.39, 0.29) is 30.8 Å². The third kappa shape index (κ3) is 6.25. The Hall–Kier alpha value is -3.14. The van der Waals surface area contributed by atoms with E-state index in [1.165, 1.54) is 4.90 Å². The van der Waals surface area contributed by atoms with Crippen LogP contribution in [-0.2, 0) is 25.6 Å². The van der Waals surface area contributed by atoms with Crippen molar-refractivity contribution >= 4 is 23.7 Å². The molecule has 5 N–H and O–H groups in total. The van der Waals surface area contributed by atoms with Crippen molar-refractivity contribution in [2.24, 2.45) is 17.6 Å². The number of rotatable bonds is 7. The molecule has 3 aliphatic heterocycles. The average Bonchev–Trinajstić information content (AvgIpc) is 3.09. The Morgan fingerprint density at radius 2 is 1.94 bits per heavy atom. The third-order valence-electron chi connectivity index (χ3n) is 6.49. The summed E-state index contributed by atoms with van der Waals surface area (Å²) in [4.78, 5) is 52.2.